The van der Waals surface area contributed by atoms with Gasteiger partial charge in [0, 0.05) is 11.7 Å². The van der Waals surface area contributed by atoms with Crippen LogP contribution in [0.2, 0.25) is 0 Å². The number of hydrogen-bond acceptors (Lipinski definition) is 4. The van der Waals surface area contributed by atoms with Crippen LogP contribution in [0.15, 0.2) is 59.6 Å². The fraction of sp³-hybridized carbons (Fsp3) is 0.176. The molecule has 1 amide bonds. The number of hydrogen-bond donors (Lipinski definition) is 1. The number of amides is 1. The van der Waals surface area contributed by atoms with Crippen LogP contribution in [0.5, 0.6) is 5.75 Å². The van der Waals surface area contributed by atoms with Gasteiger partial charge in [0.05, 0.1) is 12.8 Å². The van der Waals surface area contributed by atoms with E-state index >= 15 is 0 Å². The molecule has 1 aliphatic rings. The van der Waals surface area contributed by atoms with Gasteiger partial charge < -0.3 is 10.1 Å². The highest BCUT2D eigenvalue weighted by Crippen LogP contribution is 2.36. The van der Waals surface area contributed by atoms with Gasteiger partial charge in [0.15, 0.2) is 5.17 Å². The summed E-state index contributed by atoms with van der Waals surface area (Å²) in [4.78, 5) is 16.4. The van der Waals surface area contributed by atoms with E-state index in [1.807, 2.05) is 54.6 Å². The Bertz CT molecular complexity index is 684. The number of nitrogens with zero attached hydrogens (tertiary/aromatic N) is 1. The molecule has 1 N–H and O–H groups in total. The summed E-state index contributed by atoms with van der Waals surface area (Å²) in [6, 6.07) is 17.5. The smallest absolute Gasteiger partial charge is 0.227 e. The van der Waals surface area contributed by atoms with Crippen molar-refractivity contribution in [2.24, 2.45) is 4.99 Å². The third-order valence-electron chi connectivity index (χ3n) is 3.35. The molecular weight excluding hydrogens is 296 g/mol. The Hall–Kier alpha value is -2.27. The van der Waals surface area contributed by atoms with Crippen LogP contribution in [0.3, 0.4) is 0 Å². The number of aliphatic imine (C=N–C) groups is 1. The van der Waals surface area contributed by atoms with Crippen LogP contribution >= 0.6 is 11.8 Å². The lowest BCUT2D eigenvalue weighted by atomic mass is 10.1. The van der Waals surface area contributed by atoms with Crippen molar-refractivity contribution < 1.29 is 9.53 Å². The maximum Gasteiger partial charge on any atom is 0.227 e. The van der Waals surface area contributed by atoms with E-state index in [2.05, 4.69) is 10.3 Å². The molecule has 1 heterocycles. The van der Waals surface area contributed by atoms with Crippen molar-refractivity contribution in [2.45, 2.75) is 11.7 Å². The minimum Gasteiger partial charge on any atom is -0.497 e. The Kier molecular flexibility index (Phi) is 4.44. The van der Waals surface area contributed by atoms with E-state index < -0.39 is 0 Å². The van der Waals surface area contributed by atoms with Gasteiger partial charge in [-0.15, -0.1) is 0 Å². The number of benzene rings is 2. The molecule has 2 aromatic carbocycles. The molecule has 1 fully saturated rings. The van der Waals surface area contributed by atoms with Crippen LogP contribution in [-0.2, 0) is 4.79 Å². The fourth-order valence-electron chi connectivity index (χ4n) is 2.23. The van der Waals surface area contributed by atoms with Crippen molar-refractivity contribution in [3.63, 3.8) is 0 Å². The highest BCUT2D eigenvalue weighted by Gasteiger charge is 2.25. The van der Waals surface area contributed by atoms with Gasteiger partial charge >= 0.3 is 0 Å². The lowest BCUT2D eigenvalue weighted by Gasteiger charge is -2.23. The lowest BCUT2D eigenvalue weighted by Crippen LogP contribution is -2.34. The summed E-state index contributed by atoms with van der Waals surface area (Å²) in [7, 11) is 1.63. The first-order valence-electron chi connectivity index (χ1n) is 6.99. The number of methoxy groups -OCH3 is 1. The number of rotatable bonds is 3. The zero-order valence-corrected chi connectivity index (χ0v) is 13.0. The van der Waals surface area contributed by atoms with Crippen LogP contribution in [-0.4, -0.2) is 18.2 Å². The normalized spacial score (nSPS) is 19.8. The first-order valence-corrected chi connectivity index (χ1v) is 7.87. The molecule has 0 unspecified atom stereocenters. The second kappa shape index (κ2) is 6.66. The van der Waals surface area contributed by atoms with Crippen molar-refractivity contribution in [1.82, 2.24) is 5.32 Å². The summed E-state index contributed by atoms with van der Waals surface area (Å²) < 4.78 is 5.13. The first kappa shape index (κ1) is 14.7. The average Bonchev–Trinajstić information content (AvgIpc) is 2.56. The molecule has 0 bridgehead atoms. The Morgan fingerprint density at radius 3 is 2.55 bits per heavy atom. The van der Waals surface area contributed by atoms with Crippen LogP contribution in [0, 0.1) is 0 Å². The predicted octanol–water partition coefficient (Wildman–Crippen LogP) is 3.68. The zero-order chi connectivity index (χ0) is 15.4. The molecule has 0 saturated carbocycles. The monoisotopic (exact) mass is 312 g/mol. The van der Waals surface area contributed by atoms with E-state index in [9.17, 15) is 4.79 Å². The van der Waals surface area contributed by atoms with E-state index in [0.29, 0.717) is 11.6 Å². The van der Waals surface area contributed by atoms with Gasteiger partial charge in [0.25, 0.3) is 0 Å². The summed E-state index contributed by atoms with van der Waals surface area (Å²) >= 11 is 1.58. The molecule has 1 aliphatic heterocycles. The molecule has 112 valence electrons. The minimum absolute atomic E-state index is 0.000125. The summed E-state index contributed by atoms with van der Waals surface area (Å²) in [6.07, 6.45) is 0.469. The lowest BCUT2D eigenvalue weighted by molar-refractivity contribution is -0.119. The van der Waals surface area contributed by atoms with E-state index in [1.165, 1.54) is 0 Å². The van der Waals surface area contributed by atoms with E-state index in [4.69, 9.17) is 4.74 Å². The molecule has 0 aliphatic carbocycles. The fourth-order valence-corrected chi connectivity index (χ4v) is 3.35. The van der Waals surface area contributed by atoms with Crippen LogP contribution in [0.25, 0.3) is 0 Å². The van der Waals surface area contributed by atoms with E-state index in [0.717, 1.165) is 17.0 Å². The van der Waals surface area contributed by atoms with Gasteiger partial charge in [-0.3, -0.25) is 4.79 Å². The molecule has 3 rings (SSSR count). The summed E-state index contributed by atoms with van der Waals surface area (Å²) in [5.41, 5.74) is 1.93. The number of nitrogens with one attached hydrogen (secondary N) is 1. The maximum absolute atomic E-state index is 11.9. The molecular formula is C17H16N2O2S. The summed E-state index contributed by atoms with van der Waals surface area (Å²) in [6.45, 7) is 0. The SMILES string of the molecule is COc1ccc(N=C2NC(=O)C[C@H](c3ccccc3)S2)cc1. The number of thioether (sulfide) groups is 1. The predicted molar refractivity (Wildman–Crippen MR) is 89.6 cm³/mol. The van der Waals surface area contributed by atoms with Crippen molar-refractivity contribution >= 4 is 28.5 Å². The maximum atomic E-state index is 11.9. The van der Waals surface area contributed by atoms with Crippen LogP contribution in [0.1, 0.15) is 17.2 Å². The Morgan fingerprint density at radius 1 is 1.14 bits per heavy atom. The molecule has 0 aromatic heterocycles. The van der Waals surface area contributed by atoms with Crippen molar-refractivity contribution in [3.05, 3.63) is 60.2 Å². The standard InChI is InChI=1S/C17H16N2O2S/c1-21-14-9-7-13(8-10-14)18-17-19-16(20)11-15(22-17)12-5-3-2-4-6-12/h2-10,15H,11H2,1H3,(H,18,19,20)/t15-/m1/s1. The van der Waals surface area contributed by atoms with Crippen molar-refractivity contribution in [1.29, 1.82) is 0 Å². The van der Waals surface area contributed by atoms with Gasteiger partial charge in [-0.25, -0.2) is 4.99 Å². The third kappa shape index (κ3) is 3.49. The first-order chi connectivity index (χ1) is 10.7. The van der Waals surface area contributed by atoms with Gasteiger partial charge in [0.2, 0.25) is 5.91 Å². The van der Waals surface area contributed by atoms with Gasteiger partial charge in [-0.1, -0.05) is 42.1 Å². The van der Waals surface area contributed by atoms with Gasteiger partial charge in [-0.05, 0) is 29.8 Å². The Labute approximate surface area is 133 Å². The summed E-state index contributed by atoms with van der Waals surface area (Å²) in [5, 5.41) is 3.57. The third-order valence-corrected chi connectivity index (χ3v) is 4.49. The molecule has 22 heavy (non-hydrogen) atoms. The molecule has 1 atom stereocenters. The largest absolute Gasteiger partial charge is 0.497 e. The Morgan fingerprint density at radius 2 is 1.86 bits per heavy atom. The number of ether oxygens (including phenoxy) is 1. The van der Waals surface area contributed by atoms with Gasteiger partial charge in [-0.2, -0.15) is 0 Å². The molecule has 1 saturated heterocycles. The second-order valence-electron chi connectivity index (χ2n) is 4.88. The van der Waals surface area contributed by atoms with Crippen LogP contribution in [0.4, 0.5) is 5.69 Å². The van der Waals surface area contributed by atoms with E-state index in [1.54, 1.807) is 18.9 Å². The summed E-state index contributed by atoms with van der Waals surface area (Å²) in [5.74, 6) is 0.784. The molecule has 0 spiro atoms. The van der Waals surface area contributed by atoms with Crippen LogP contribution < -0.4 is 10.1 Å². The number of carbonyl (C=O) groups is 1. The number of carbonyl (C=O) groups excluding carboxylic acids is 1. The van der Waals surface area contributed by atoms with Crippen molar-refractivity contribution in [2.75, 3.05) is 7.11 Å². The quantitative estimate of drug-likeness (QED) is 0.940. The van der Waals surface area contributed by atoms with Crippen molar-refractivity contribution in [3.8, 4) is 5.75 Å². The minimum atomic E-state index is -0.000125. The average molecular weight is 312 g/mol. The highest BCUT2D eigenvalue weighted by molar-refractivity contribution is 8.14. The highest BCUT2D eigenvalue weighted by atomic mass is 32.2. The number of amidine groups is 1. The topological polar surface area (TPSA) is 50.7 Å². The molecule has 2 aromatic rings. The second-order valence-corrected chi connectivity index (χ2v) is 6.08. The van der Waals surface area contributed by atoms with Gasteiger partial charge in [0.1, 0.15) is 5.75 Å². The Balaban J connectivity index is 1.80. The molecule has 0 radical (unpaired) electrons. The molecule has 5 heteroatoms. The molecule has 4 nitrogen and oxygen atoms in total. The van der Waals surface area contributed by atoms with E-state index in [-0.39, 0.29) is 11.2 Å². The zero-order valence-electron chi connectivity index (χ0n) is 12.2.